The fourth-order valence-corrected chi connectivity index (χ4v) is 3.97. The van der Waals surface area contributed by atoms with Crippen LogP contribution < -0.4 is 10.5 Å². The number of aromatic nitrogens is 2. The first kappa shape index (κ1) is 17.3. The van der Waals surface area contributed by atoms with E-state index in [0.29, 0.717) is 11.5 Å². The monoisotopic (exact) mass is 358 g/mol. The molecule has 0 amide bonds. The summed E-state index contributed by atoms with van der Waals surface area (Å²) < 4.78 is 1.60. The Bertz CT molecular complexity index is 1100. The molecule has 3 aromatic rings. The first-order chi connectivity index (χ1) is 13.1. The molecule has 0 spiro atoms. The van der Waals surface area contributed by atoms with Gasteiger partial charge in [-0.1, -0.05) is 18.2 Å². The SMILES string of the molecule is Cc1c(C#N)c(N2CCC(c3ccn(C)c(=O)c3)CC2)nc2ccccc12. The van der Waals surface area contributed by atoms with Gasteiger partial charge in [0.2, 0.25) is 0 Å². The maximum absolute atomic E-state index is 11.9. The summed E-state index contributed by atoms with van der Waals surface area (Å²) in [6, 6.07) is 14.1. The highest BCUT2D eigenvalue weighted by Gasteiger charge is 2.25. The number of fused-ring (bicyclic) bond motifs is 1. The molecule has 5 nitrogen and oxygen atoms in total. The second kappa shape index (κ2) is 6.88. The topological polar surface area (TPSA) is 61.9 Å². The molecule has 0 unspecified atom stereocenters. The number of benzene rings is 1. The predicted molar refractivity (Wildman–Crippen MR) is 107 cm³/mol. The molecule has 4 rings (SSSR count). The number of piperidine rings is 1. The van der Waals surface area contributed by atoms with Crippen molar-refractivity contribution in [3.05, 3.63) is 69.6 Å². The van der Waals surface area contributed by atoms with Gasteiger partial charge in [-0.25, -0.2) is 4.98 Å². The minimum absolute atomic E-state index is 0.0357. The van der Waals surface area contributed by atoms with E-state index in [1.165, 1.54) is 0 Å². The smallest absolute Gasteiger partial charge is 0.250 e. The highest BCUT2D eigenvalue weighted by Crippen LogP contribution is 2.33. The molecule has 3 heterocycles. The Morgan fingerprint density at radius 2 is 1.93 bits per heavy atom. The largest absolute Gasteiger partial charge is 0.355 e. The van der Waals surface area contributed by atoms with E-state index in [-0.39, 0.29) is 5.56 Å². The lowest BCUT2D eigenvalue weighted by molar-refractivity contribution is 0.501. The maximum Gasteiger partial charge on any atom is 0.250 e. The second-order valence-corrected chi connectivity index (χ2v) is 7.23. The number of pyridine rings is 2. The molecular formula is C22H22N4O. The Hall–Kier alpha value is -3.13. The van der Waals surface area contributed by atoms with E-state index in [2.05, 4.69) is 11.0 Å². The van der Waals surface area contributed by atoms with Crippen LogP contribution in [0.15, 0.2) is 47.4 Å². The molecule has 0 aliphatic carbocycles. The molecule has 136 valence electrons. The van der Waals surface area contributed by atoms with Crippen molar-refractivity contribution in [2.75, 3.05) is 18.0 Å². The lowest BCUT2D eigenvalue weighted by Crippen LogP contribution is -2.34. The molecule has 0 bridgehead atoms. The normalized spacial score (nSPS) is 15.1. The Balaban J connectivity index is 1.62. The molecule has 1 saturated heterocycles. The maximum atomic E-state index is 11.9. The van der Waals surface area contributed by atoms with Crippen LogP contribution in [0.5, 0.6) is 0 Å². The van der Waals surface area contributed by atoms with Gasteiger partial charge in [0.15, 0.2) is 0 Å². The number of hydrogen-bond acceptors (Lipinski definition) is 4. The van der Waals surface area contributed by atoms with Gasteiger partial charge in [-0.3, -0.25) is 4.79 Å². The van der Waals surface area contributed by atoms with Crippen LogP contribution in [-0.2, 0) is 7.05 Å². The molecule has 0 radical (unpaired) electrons. The Morgan fingerprint density at radius 3 is 2.63 bits per heavy atom. The third kappa shape index (κ3) is 3.08. The summed E-state index contributed by atoms with van der Waals surface area (Å²) in [5.74, 6) is 1.17. The van der Waals surface area contributed by atoms with E-state index in [9.17, 15) is 10.1 Å². The second-order valence-electron chi connectivity index (χ2n) is 7.23. The summed E-state index contributed by atoms with van der Waals surface area (Å²) >= 11 is 0. The molecule has 0 N–H and O–H groups in total. The highest BCUT2D eigenvalue weighted by atomic mass is 16.1. The Kier molecular flexibility index (Phi) is 4.41. The number of hydrogen-bond donors (Lipinski definition) is 0. The first-order valence-electron chi connectivity index (χ1n) is 9.29. The van der Waals surface area contributed by atoms with Crippen molar-refractivity contribution >= 4 is 16.7 Å². The van der Waals surface area contributed by atoms with Gasteiger partial charge in [0, 0.05) is 37.8 Å². The molecule has 5 heteroatoms. The predicted octanol–water partition coefficient (Wildman–Crippen LogP) is 3.50. The number of nitrogens with zero attached hydrogens (tertiary/aromatic N) is 4. The minimum atomic E-state index is 0.0357. The molecule has 1 aromatic carbocycles. The fourth-order valence-electron chi connectivity index (χ4n) is 3.97. The lowest BCUT2D eigenvalue weighted by Gasteiger charge is -2.34. The van der Waals surface area contributed by atoms with Crippen LogP contribution in [0.25, 0.3) is 10.9 Å². The van der Waals surface area contributed by atoms with Gasteiger partial charge in [-0.2, -0.15) is 5.26 Å². The van der Waals surface area contributed by atoms with Crippen LogP contribution in [0.4, 0.5) is 5.82 Å². The summed E-state index contributed by atoms with van der Waals surface area (Å²) in [5.41, 5.74) is 3.74. The zero-order valence-corrected chi connectivity index (χ0v) is 15.6. The molecule has 0 atom stereocenters. The fraction of sp³-hybridized carbons (Fsp3) is 0.318. The van der Waals surface area contributed by atoms with Gasteiger partial charge < -0.3 is 9.47 Å². The van der Waals surface area contributed by atoms with E-state index in [0.717, 1.165) is 53.8 Å². The van der Waals surface area contributed by atoms with E-state index in [1.54, 1.807) is 17.7 Å². The van der Waals surface area contributed by atoms with Crippen molar-refractivity contribution in [1.82, 2.24) is 9.55 Å². The average Bonchev–Trinajstić information content (AvgIpc) is 2.70. The number of aryl methyl sites for hydroxylation is 2. The summed E-state index contributed by atoms with van der Waals surface area (Å²) in [7, 11) is 1.77. The third-order valence-electron chi connectivity index (χ3n) is 5.64. The average molecular weight is 358 g/mol. The highest BCUT2D eigenvalue weighted by molar-refractivity contribution is 5.87. The van der Waals surface area contributed by atoms with Crippen LogP contribution >= 0.6 is 0 Å². The number of nitriles is 1. The number of para-hydroxylation sites is 1. The van der Waals surface area contributed by atoms with Gasteiger partial charge in [-0.05, 0) is 48.9 Å². The van der Waals surface area contributed by atoms with E-state index < -0.39 is 0 Å². The molecular weight excluding hydrogens is 336 g/mol. The van der Waals surface area contributed by atoms with Gasteiger partial charge in [0.25, 0.3) is 5.56 Å². The molecule has 1 aliphatic rings. The van der Waals surface area contributed by atoms with Gasteiger partial charge in [-0.15, -0.1) is 0 Å². The van der Waals surface area contributed by atoms with Crippen molar-refractivity contribution in [1.29, 1.82) is 5.26 Å². The zero-order chi connectivity index (χ0) is 19.0. The van der Waals surface area contributed by atoms with E-state index >= 15 is 0 Å². The molecule has 2 aromatic heterocycles. The molecule has 0 saturated carbocycles. The van der Waals surface area contributed by atoms with Crippen molar-refractivity contribution in [3.63, 3.8) is 0 Å². The summed E-state index contributed by atoms with van der Waals surface area (Å²) in [4.78, 5) is 18.9. The van der Waals surface area contributed by atoms with Crippen molar-refractivity contribution < 1.29 is 0 Å². The van der Waals surface area contributed by atoms with Gasteiger partial charge >= 0.3 is 0 Å². The van der Waals surface area contributed by atoms with Crippen molar-refractivity contribution in [2.24, 2.45) is 7.05 Å². The Morgan fingerprint density at radius 1 is 1.19 bits per heavy atom. The van der Waals surface area contributed by atoms with E-state index in [4.69, 9.17) is 4.98 Å². The Labute approximate surface area is 158 Å². The molecule has 27 heavy (non-hydrogen) atoms. The van der Waals surface area contributed by atoms with Crippen molar-refractivity contribution in [3.8, 4) is 6.07 Å². The van der Waals surface area contributed by atoms with Crippen LogP contribution in [0.1, 0.15) is 35.4 Å². The van der Waals surface area contributed by atoms with Crippen LogP contribution in [0.2, 0.25) is 0 Å². The zero-order valence-electron chi connectivity index (χ0n) is 15.6. The summed E-state index contributed by atoms with van der Waals surface area (Å²) in [6.07, 6.45) is 3.74. The quantitative estimate of drug-likeness (QED) is 0.703. The number of rotatable bonds is 2. The van der Waals surface area contributed by atoms with Gasteiger partial charge in [0.1, 0.15) is 11.9 Å². The van der Waals surface area contributed by atoms with Crippen molar-refractivity contribution in [2.45, 2.75) is 25.7 Å². The van der Waals surface area contributed by atoms with Gasteiger partial charge in [0.05, 0.1) is 11.1 Å². The van der Waals surface area contributed by atoms with Crippen LogP contribution in [-0.4, -0.2) is 22.6 Å². The minimum Gasteiger partial charge on any atom is -0.355 e. The third-order valence-corrected chi connectivity index (χ3v) is 5.64. The first-order valence-corrected chi connectivity index (χ1v) is 9.29. The lowest BCUT2D eigenvalue weighted by atomic mass is 9.89. The molecule has 1 aliphatic heterocycles. The standard InChI is InChI=1S/C22H22N4O/c1-15-18-5-3-4-6-20(18)24-22(19(15)14-23)26-11-8-16(9-12-26)17-7-10-25(2)21(27)13-17/h3-7,10,13,16H,8-9,11-12H2,1-2H3. The van der Waals surface area contributed by atoms with E-state index in [1.807, 2.05) is 43.5 Å². The summed E-state index contributed by atoms with van der Waals surface area (Å²) in [5, 5.41) is 10.8. The van der Waals surface area contributed by atoms with Crippen LogP contribution in [0, 0.1) is 18.3 Å². The van der Waals surface area contributed by atoms with Crippen LogP contribution in [0.3, 0.4) is 0 Å². The summed E-state index contributed by atoms with van der Waals surface area (Å²) in [6.45, 7) is 3.66. The molecule has 1 fully saturated rings. The number of anilines is 1.